The average Bonchev–Trinajstić information content (AvgIpc) is 3.32. The van der Waals surface area contributed by atoms with Gasteiger partial charge in [0.25, 0.3) is 5.91 Å². The molecule has 7 heteroatoms. The second-order valence-electron chi connectivity index (χ2n) is 6.94. The van der Waals surface area contributed by atoms with E-state index in [-0.39, 0.29) is 5.91 Å². The van der Waals surface area contributed by atoms with E-state index >= 15 is 0 Å². The van der Waals surface area contributed by atoms with E-state index in [4.69, 9.17) is 4.74 Å². The molecule has 6 nitrogen and oxygen atoms in total. The number of rotatable bonds is 9. The van der Waals surface area contributed by atoms with E-state index in [1.54, 1.807) is 24.4 Å². The Hall–Kier alpha value is -4.23. The molecule has 1 amide bonds. The zero-order valence-corrected chi connectivity index (χ0v) is 18.6. The Labute approximate surface area is 196 Å². The fourth-order valence-corrected chi connectivity index (χ4v) is 3.73. The predicted molar refractivity (Wildman–Crippen MR) is 134 cm³/mol. The predicted octanol–water partition coefficient (Wildman–Crippen LogP) is 5.88. The van der Waals surface area contributed by atoms with Gasteiger partial charge in [-0.05, 0) is 36.4 Å². The number of hydrogen-bond donors (Lipinski definition) is 2. The number of hydrazone groups is 1. The van der Waals surface area contributed by atoms with Crippen molar-refractivity contribution in [2.24, 2.45) is 5.10 Å². The molecule has 0 fully saturated rings. The van der Waals surface area contributed by atoms with Crippen LogP contribution in [0, 0.1) is 0 Å². The van der Waals surface area contributed by atoms with Crippen LogP contribution in [0.1, 0.15) is 15.9 Å². The van der Waals surface area contributed by atoms with Crippen LogP contribution in [0.4, 0.5) is 10.8 Å². The molecule has 4 aromatic rings. The highest BCUT2D eigenvalue weighted by Gasteiger charge is 2.08. The maximum absolute atomic E-state index is 12.5. The molecule has 0 spiro atoms. The number of para-hydroxylation sites is 2. The van der Waals surface area contributed by atoms with Crippen LogP contribution < -0.4 is 15.5 Å². The van der Waals surface area contributed by atoms with Gasteiger partial charge in [-0.25, -0.2) is 10.4 Å². The molecular weight excluding hydrogens is 432 g/mol. The van der Waals surface area contributed by atoms with Gasteiger partial charge < -0.3 is 10.1 Å². The van der Waals surface area contributed by atoms with E-state index in [0.29, 0.717) is 17.9 Å². The summed E-state index contributed by atoms with van der Waals surface area (Å²) in [5.74, 6) is 0.371. The average molecular weight is 455 g/mol. The Balaban J connectivity index is 1.37. The summed E-state index contributed by atoms with van der Waals surface area (Å²) in [7, 11) is 0. The first-order chi connectivity index (χ1) is 16.2. The van der Waals surface area contributed by atoms with E-state index in [1.807, 2.05) is 72.1 Å². The van der Waals surface area contributed by atoms with Gasteiger partial charge in [0.2, 0.25) is 0 Å². The van der Waals surface area contributed by atoms with Crippen LogP contribution in [0.3, 0.4) is 0 Å². The maximum Gasteiger partial charge on any atom is 0.271 e. The van der Waals surface area contributed by atoms with Crippen molar-refractivity contribution in [3.05, 3.63) is 108 Å². The smallest absolute Gasteiger partial charge is 0.271 e. The number of ether oxygens (including phenoxy) is 1. The normalized spacial score (nSPS) is 10.7. The van der Waals surface area contributed by atoms with Gasteiger partial charge in [-0.2, -0.15) is 5.10 Å². The van der Waals surface area contributed by atoms with Crippen LogP contribution in [0.2, 0.25) is 0 Å². The molecule has 0 saturated carbocycles. The van der Waals surface area contributed by atoms with Gasteiger partial charge in [0.1, 0.15) is 12.4 Å². The summed E-state index contributed by atoms with van der Waals surface area (Å²) >= 11 is 1.53. The van der Waals surface area contributed by atoms with Crippen molar-refractivity contribution >= 4 is 34.3 Å². The van der Waals surface area contributed by atoms with Crippen molar-refractivity contribution in [1.82, 2.24) is 10.4 Å². The van der Waals surface area contributed by atoms with Gasteiger partial charge in [0.15, 0.2) is 5.13 Å². The lowest BCUT2D eigenvalue weighted by Crippen LogP contribution is -2.17. The second-order valence-corrected chi connectivity index (χ2v) is 7.80. The first kappa shape index (κ1) is 22.0. The van der Waals surface area contributed by atoms with Gasteiger partial charge in [0.05, 0.1) is 11.9 Å². The fourth-order valence-electron chi connectivity index (χ4n) is 2.99. The van der Waals surface area contributed by atoms with E-state index in [2.05, 4.69) is 27.4 Å². The molecule has 2 N–H and O–H groups in total. The van der Waals surface area contributed by atoms with Crippen LogP contribution in [0.25, 0.3) is 11.3 Å². The molecular formula is C26H22N4O2S. The minimum atomic E-state index is -0.299. The summed E-state index contributed by atoms with van der Waals surface area (Å²) in [5.41, 5.74) is 6.58. The summed E-state index contributed by atoms with van der Waals surface area (Å²) in [6.07, 6.45) is 3.23. The van der Waals surface area contributed by atoms with E-state index in [9.17, 15) is 4.79 Å². The third kappa shape index (κ3) is 5.93. The number of aromatic nitrogens is 1. The monoisotopic (exact) mass is 454 g/mol. The Morgan fingerprint density at radius 1 is 1.03 bits per heavy atom. The summed E-state index contributed by atoms with van der Waals surface area (Å²) in [6, 6.07) is 24.6. The summed E-state index contributed by atoms with van der Waals surface area (Å²) < 4.78 is 5.59. The number of hydrogen-bond acceptors (Lipinski definition) is 6. The first-order valence-electron chi connectivity index (χ1n) is 10.3. The Bertz CT molecular complexity index is 1250. The molecule has 0 bridgehead atoms. The molecule has 0 aliphatic heterocycles. The third-order valence-corrected chi connectivity index (χ3v) is 5.38. The minimum absolute atomic E-state index is 0.299. The molecule has 3 aromatic carbocycles. The molecule has 0 atom stereocenters. The number of amides is 1. The second kappa shape index (κ2) is 10.9. The van der Waals surface area contributed by atoms with Crippen LogP contribution >= 0.6 is 11.3 Å². The van der Waals surface area contributed by atoms with Crippen molar-refractivity contribution in [2.45, 2.75) is 0 Å². The van der Waals surface area contributed by atoms with E-state index in [0.717, 1.165) is 27.6 Å². The number of benzene rings is 3. The standard InChI is InChI=1S/C26H22N4O2S/c1-2-16-32-24-11-7-6-8-21(24)17-27-30-25(31)20-14-12-19(13-15-20)23-18-33-26(29-23)28-22-9-4-3-5-10-22/h2-15,17-18H,1,16H2,(H,28,29)(H,30,31)/b27-17-. The van der Waals surface area contributed by atoms with Crippen molar-refractivity contribution in [2.75, 3.05) is 11.9 Å². The summed E-state index contributed by atoms with van der Waals surface area (Å²) in [4.78, 5) is 17.1. The Morgan fingerprint density at radius 3 is 2.58 bits per heavy atom. The number of carbonyl (C=O) groups is 1. The third-order valence-electron chi connectivity index (χ3n) is 4.62. The number of nitrogens with zero attached hydrogens (tertiary/aromatic N) is 2. The van der Waals surface area contributed by atoms with Crippen LogP contribution in [-0.4, -0.2) is 23.7 Å². The van der Waals surface area contributed by atoms with Gasteiger partial charge >= 0.3 is 0 Å². The first-order valence-corrected chi connectivity index (χ1v) is 11.1. The SMILES string of the molecule is C=CCOc1ccccc1/C=N\NC(=O)c1ccc(-c2csc(Nc3ccccc3)n2)cc1. The number of carbonyl (C=O) groups excluding carboxylic acids is 1. The highest BCUT2D eigenvalue weighted by molar-refractivity contribution is 7.14. The zero-order valence-electron chi connectivity index (χ0n) is 17.8. The van der Waals surface area contributed by atoms with Crippen molar-refractivity contribution in [1.29, 1.82) is 0 Å². The number of thiazole rings is 1. The Kier molecular flexibility index (Phi) is 7.25. The lowest BCUT2D eigenvalue weighted by molar-refractivity contribution is 0.0955. The largest absolute Gasteiger partial charge is 0.489 e. The van der Waals surface area contributed by atoms with Crippen LogP contribution in [0.15, 0.2) is 102 Å². The molecule has 33 heavy (non-hydrogen) atoms. The molecule has 0 radical (unpaired) electrons. The fraction of sp³-hybridized carbons (Fsp3) is 0.0385. The van der Waals surface area contributed by atoms with E-state index in [1.165, 1.54) is 11.3 Å². The van der Waals surface area contributed by atoms with Crippen LogP contribution in [0.5, 0.6) is 5.75 Å². The lowest BCUT2D eigenvalue weighted by atomic mass is 10.1. The topological polar surface area (TPSA) is 75.6 Å². The van der Waals surface area contributed by atoms with Gasteiger partial charge in [0, 0.05) is 27.8 Å². The molecule has 4 rings (SSSR count). The molecule has 0 unspecified atom stereocenters. The van der Waals surface area contributed by atoms with Gasteiger partial charge in [-0.1, -0.05) is 55.1 Å². The molecule has 1 aromatic heterocycles. The summed E-state index contributed by atoms with van der Waals surface area (Å²) in [5, 5.41) is 10.1. The number of anilines is 2. The van der Waals surface area contributed by atoms with E-state index < -0.39 is 0 Å². The molecule has 164 valence electrons. The molecule has 0 saturated heterocycles. The molecule has 0 aliphatic carbocycles. The molecule has 1 heterocycles. The molecule has 0 aliphatic rings. The number of nitrogens with one attached hydrogen (secondary N) is 2. The Morgan fingerprint density at radius 2 is 1.79 bits per heavy atom. The lowest BCUT2D eigenvalue weighted by Gasteiger charge is -2.06. The summed E-state index contributed by atoms with van der Waals surface area (Å²) in [6.45, 7) is 4.04. The van der Waals surface area contributed by atoms with Gasteiger partial charge in [-0.15, -0.1) is 11.3 Å². The van der Waals surface area contributed by atoms with Crippen molar-refractivity contribution in [3.63, 3.8) is 0 Å². The quantitative estimate of drug-likeness (QED) is 0.188. The minimum Gasteiger partial charge on any atom is -0.489 e. The van der Waals surface area contributed by atoms with Crippen LogP contribution in [-0.2, 0) is 0 Å². The highest BCUT2D eigenvalue weighted by Crippen LogP contribution is 2.27. The highest BCUT2D eigenvalue weighted by atomic mass is 32.1. The van der Waals surface area contributed by atoms with Crippen molar-refractivity contribution < 1.29 is 9.53 Å². The van der Waals surface area contributed by atoms with Gasteiger partial charge in [-0.3, -0.25) is 4.79 Å². The zero-order chi connectivity index (χ0) is 22.9. The maximum atomic E-state index is 12.5. The van der Waals surface area contributed by atoms with Crippen molar-refractivity contribution in [3.8, 4) is 17.0 Å².